The van der Waals surface area contributed by atoms with Gasteiger partial charge in [-0.3, -0.25) is 9.80 Å². The van der Waals surface area contributed by atoms with Crippen LogP contribution < -0.4 is 5.32 Å². The summed E-state index contributed by atoms with van der Waals surface area (Å²) >= 11 is 0. The van der Waals surface area contributed by atoms with E-state index in [0.29, 0.717) is 0 Å². The molecule has 3 heteroatoms. The summed E-state index contributed by atoms with van der Waals surface area (Å²) in [5.74, 6) is 0. The Labute approximate surface area is 132 Å². The normalized spacial score (nSPS) is 13.2. The molecule has 1 N–H and O–H groups in total. The van der Waals surface area contributed by atoms with Crippen molar-refractivity contribution in [2.24, 2.45) is 0 Å². The Morgan fingerprint density at radius 1 is 1.00 bits per heavy atom. The maximum absolute atomic E-state index is 3.63. The van der Waals surface area contributed by atoms with E-state index < -0.39 is 0 Å². The maximum Gasteiger partial charge on any atom is 0.0523 e. The van der Waals surface area contributed by atoms with Crippen LogP contribution in [0.3, 0.4) is 0 Å². The molecule has 1 aliphatic heterocycles. The molecule has 122 valence electrons. The number of hydrogen-bond donors (Lipinski definition) is 1. The molecule has 21 heavy (non-hydrogen) atoms. The lowest BCUT2D eigenvalue weighted by Gasteiger charge is -2.36. The van der Waals surface area contributed by atoms with E-state index >= 15 is 0 Å². The van der Waals surface area contributed by atoms with Crippen molar-refractivity contribution in [2.45, 2.75) is 26.7 Å². The van der Waals surface area contributed by atoms with Crippen LogP contribution in [-0.4, -0.2) is 51.3 Å². The third kappa shape index (κ3) is 16.8. The fraction of sp³-hybridized carbons (Fsp3) is 0.556. The second-order valence-electron chi connectivity index (χ2n) is 5.11. The number of hydrogen-bond acceptors (Lipinski definition) is 3. The van der Waals surface area contributed by atoms with Gasteiger partial charge in [0.1, 0.15) is 0 Å². The van der Waals surface area contributed by atoms with Gasteiger partial charge >= 0.3 is 0 Å². The molecule has 0 spiro atoms. The number of nitrogens with one attached hydrogen (secondary N) is 1. The van der Waals surface area contributed by atoms with E-state index in [1.54, 1.807) is 0 Å². The molecule has 0 unspecified atom stereocenters. The van der Waals surface area contributed by atoms with Crippen LogP contribution in [0.2, 0.25) is 0 Å². The maximum atomic E-state index is 3.63. The van der Waals surface area contributed by atoms with Crippen LogP contribution in [0.15, 0.2) is 36.9 Å². The standard InChI is InChI=1S/C8H8.C4H10N2.C4H10.C2H7N/c1-2-8-6-4-3-5-7-8;1-5-3-6(2)4-5;1-3-4-2;1-3-2/h2-7H,1H2;3-4H2,1-2H3;3-4H2,1-2H3;3H,1-2H3. The van der Waals surface area contributed by atoms with Gasteiger partial charge in [-0.1, -0.05) is 69.7 Å². The van der Waals surface area contributed by atoms with Crippen molar-refractivity contribution in [3.63, 3.8) is 0 Å². The third-order valence-corrected chi connectivity index (χ3v) is 2.50. The van der Waals surface area contributed by atoms with E-state index in [2.05, 4.69) is 49.6 Å². The fourth-order valence-corrected chi connectivity index (χ4v) is 1.37. The van der Waals surface area contributed by atoms with Crippen molar-refractivity contribution in [2.75, 3.05) is 41.5 Å². The summed E-state index contributed by atoms with van der Waals surface area (Å²) in [6, 6.07) is 10.0. The van der Waals surface area contributed by atoms with Crippen molar-refractivity contribution in [3.8, 4) is 0 Å². The Morgan fingerprint density at radius 2 is 1.38 bits per heavy atom. The lowest BCUT2D eigenvalue weighted by Crippen LogP contribution is -2.50. The van der Waals surface area contributed by atoms with Crippen LogP contribution >= 0.6 is 0 Å². The Bertz CT molecular complexity index is 297. The minimum Gasteiger partial charge on any atom is -0.323 e. The predicted molar refractivity (Wildman–Crippen MR) is 97.4 cm³/mol. The SMILES string of the molecule is C=Cc1ccccc1.CCCC.CN1CN(C)C1.CNC. The van der Waals surface area contributed by atoms with E-state index in [1.165, 1.54) is 18.4 Å². The molecule has 1 aromatic carbocycles. The van der Waals surface area contributed by atoms with E-state index in [1.807, 2.05) is 50.5 Å². The number of unbranched alkanes of at least 4 members (excludes halogenated alkanes) is 1. The van der Waals surface area contributed by atoms with Gasteiger partial charge in [0.25, 0.3) is 0 Å². The van der Waals surface area contributed by atoms with Gasteiger partial charge in [-0.05, 0) is 33.8 Å². The van der Waals surface area contributed by atoms with Gasteiger partial charge in [0.05, 0.1) is 13.3 Å². The molecule has 0 radical (unpaired) electrons. The van der Waals surface area contributed by atoms with Crippen molar-refractivity contribution in [1.29, 1.82) is 0 Å². The van der Waals surface area contributed by atoms with Crippen molar-refractivity contribution in [3.05, 3.63) is 42.5 Å². The molecule has 1 saturated heterocycles. The second-order valence-corrected chi connectivity index (χ2v) is 5.11. The Morgan fingerprint density at radius 3 is 1.52 bits per heavy atom. The summed E-state index contributed by atoms with van der Waals surface area (Å²) in [4.78, 5) is 4.50. The molecule has 0 amide bonds. The molecule has 1 aromatic rings. The quantitative estimate of drug-likeness (QED) is 0.896. The van der Waals surface area contributed by atoms with Gasteiger partial charge in [-0.25, -0.2) is 0 Å². The average Bonchev–Trinajstić information content (AvgIpc) is 2.49. The molecule has 0 bridgehead atoms. The van der Waals surface area contributed by atoms with Gasteiger partial charge < -0.3 is 5.32 Å². The molecule has 0 aliphatic carbocycles. The van der Waals surface area contributed by atoms with Crippen molar-refractivity contribution >= 4 is 6.08 Å². The van der Waals surface area contributed by atoms with Crippen LogP contribution in [0.1, 0.15) is 32.3 Å². The highest BCUT2D eigenvalue weighted by Gasteiger charge is 2.12. The molecule has 1 heterocycles. The van der Waals surface area contributed by atoms with Crippen LogP contribution in [-0.2, 0) is 0 Å². The summed E-state index contributed by atoms with van der Waals surface area (Å²) in [5.41, 5.74) is 1.17. The van der Waals surface area contributed by atoms with Gasteiger partial charge in [-0.2, -0.15) is 0 Å². The summed E-state index contributed by atoms with van der Waals surface area (Å²) in [5, 5.41) is 2.75. The van der Waals surface area contributed by atoms with Gasteiger partial charge in [0.2, 0.25) is 0 Å². The molecular weight excluding hydrogens is 258 g/mol. The zero-order chi connectivity index (χ0) is 16.5. The monoisotopic (exact) mass is 293 g/mol. The third-order valence-electron chi connectivity index (χ3n) is 2.50. The summed E-state index contributed by atoms with van der Waals surface area (Å²) < 4.78 is 0. The Balaban J connectivity index is 0. The zero-order valence-corrected chi connectivity index (χ0v) is 14.9. The lowest BCUT2D eigenvalue weighted by molar-refractivity contribution is 0.0149. The highest BCUT2D eigenvalue weighted by atomic mass is 15.5. The predicted octanol–water partition coefficient (Wildman–Crippen LogP) is 3.75. The average molecular weight is 293 g/mol. The van der Waals surface area contributed by atoms with E-state index in [-0.39, 0.29) is 0 Å². The molecule has 3 nitrogen and oxygen atoms in total. The Kier molecular flexibility index (Phi) is 17.8. The molecule has 2 rings (SSSR count). The molecule has 1 fully saturated rings. The topological polar surface area (TPSA) is 18.5 Å². The highest BCUT2D eigenvalue weighted by molar-refractivity contribution is 5.45. The fourth-order valence-electron chi connectivity index (χ4n) is 1.37. The van der Waals surface area contributed by atoms with Crippen molar-refractivity contribution < 1.29 is 0 Å². The van der Waals surface area contributed by atoms with Gasteiger partial charge in [0.15, 0.2) is 0 Å². The summed E-state index contributed by atoms with van der Waals surface area (Å²) in [6.45, 7) is 10.3. The molecule has 0 saturated carbocycles. The van der Waals surface area contributed by atoms with E-state index in [4.69, 9.17) is 0 Å². The molecule has 0 aromatic heterocycles. The number of benzene rings is 1. The first-order valence-electron chi connectivity index (χ1n) is 7.68. The minimum absolute atomic E-state index is 1.14. The Hall–Kier alpha value is -1.16. The smallest absolute Gasteiger partial charge is 0.0523 e. The number of rotatable bonds is 2. The van der Waals surface area contributed by atoms with Crippen LogP contribution in [0, 0.1) is 0 Å². The van der Waals surface area contributed by atoms with Crippen LogP contribution in [0.25, 0.3) is 6.08 Å². The van der Waals surface area contributed by atoms with E-state index in [9.17, 15) is 0 Å². The second kappa shape index (κ2) is 16.9. The molecular formula is C18H35N3. The first-order chi connectivity index (χ1) is 10.0. The first kappa shape index (κ1) is 22.1. The number of nitrogens with zero attached hydrogens (tertiary/aromatic N) is 2. The molecule has 1 aliphatic rings. The molecule has 0 atom stereocenters. The highest BCUT2D eigenvalue weighted by Crippen LogP contribution is 1.98. The van der Waals surface area contributed by atoms with E-state index in [0.717, 1.165) is 13.3 Å². The van der Waals surface area contributed by atoms with Gasteiger partial charge in [0, 0.05) is 0 Å². The van der Waals surface area contributed by atoms with Crippen LogP contribution in [0.5, 0.6) is 0 Å². The minimum atomic E-state index is 1.14. The lowest BCUT2D eigenvalue weighted by atomic mass is 10.2. The largest absolute Gasteiger partial charge is 0.323 e. The van der Waals surface area contributed by atoms with Crippen LogP contribution in [0.4, 0.5) is 0 Å². The summed E-state index contributed by atoms with van der Waals surface area (Å²) in [7, 11) is 7.97. The summed E-state index contributed by atoms with van der Waals surface area (Å²) in [6.07, 6.45) is 4.47. The first-order valence-corrected chi connectivity index (χ1v) is 7.68. The van der Waals surface area contributed by atoms with Gasteiger partial charge in [-0.15, -0.1) is 0 Å². The zero-order valence-electron chi connectivity index (χ0n) is 14.9. The van der Waals surface area contributed by atoms with Crippen molar-refractivity contribution in [1.82, 2.24) is 15.1 Å².